The van der Waals surface area contributed by atoms with Crippen molar-refractivity contribution in [2.24, 2.45) is 0 Å². The summed E-state index contributed by atoms with van der Waals surface area (Å²) in [5, 5.41) is 18.4. The van der Waals surface area contributed by atoms with E-state index in [1.165, 1.54) is 12.1 Å². The molecule has 1 aliphatic rings. The summed E-state index contributed by atoms with van der Waals surface area (Å²) in [5.74, 6) is 2.42. The van der Waals surface area contributed by atoms with E-state index < -0.39 is 4.92 Å². The summed E-state index contributed by atoms with van der Waals surface area (Å²) < 4.78 is 7.21. The van der Waals surface area contributed by atoms with Gasteiger partial charge in [-0.05, 0) is 36.8 Å². The first kappa shape index (κ1) is 19.0. The van der Waals surface area contributed by atoms with Gasteiger partial charge in [0.15, 0.2) is 6.61 Å². The largest absolute Gasteiger partial charge is 0.484 e. The first-order valence-electron chi connectivity index (χ1n) is 8.94. The molecule has 0 bridgehead atoms. The lowest BCUT2D eigenvalue weighted by atomic mass is 10.2. The van der Waals surface area contributed by atoms with Crippen LogP contribution in [-0.4, -0.2) is 27.2 Å². The van der Waals surface area contributed by atoms with Crippen LogP contribution >= 0.6 is 11.8 Å². The van der Waals surface area contributed by atoms with Gasteiger partial charge in [0, 0.05) is 29.2 Å². The molecule has 8 nitrogen and oxygen atoms in total. The predicted molar refractivity (Wildman–Crippen MR) is 111 cm³/mol. The fourth-order valence-corrected chi connectivity index (χ4v) is 4.10. The summed E-state index contributed by atoms with van der Waals surface area (Å²) in [4.78, 5) is 23.0. The molecule has 1 amide bonds. The average molecular weight is 410 g/mol. The molecule has 0 spiro atoms. The molecule has 0 radical (unpaired) electrons. The van der Waals surface area contributed by atoms with E-state index >= 15 is 0 Å². The van der Waals surface area contributed by atoms with Crippen LogP contribution in [0.25, 0.3) is 5.69 Å². The molecule has 2 heterocycles. The Labute approximate surface area is 171 Å². The molecule has 148 valence electrons. The number of nitrogens with zero attached hydrogens (tertiary/aromatic N) is 3. The minimum Gasteiger partial charge on any atom is -0.484 e. The highest BCUT2D eigenvalue weighted by atomic mass is 32.2. The zero-order valence-corrected chi connectivity index (χ0v) is 16.4. The van der Waals surface area contributed by atoms with Gasteiger partial charge >= 0.3 is 0 Å². The van der Waals surface area contributed by atoms with Crippen LogP contribution in [0.2, 0.25) is 0 Å². The Morgan fingerprint density at radius 3 is 2.79 bits per heavy atom. The monoisotopic (exact) mass is 410 g/mol. The molecule has 2 aromatic carbocycles. The number of rotatable bonds is 6. The van der Waals surface area contributed by atoms with Gasteiger partial charge in [0.1, 0.15) is 11.6 Å². The number of amides is 1. The lowest BCUT2D eigenvalue weighted by molar-refractivity contribution is -0.384. The van der Waals surface area contributed by atoms with Crippen LogP contribution in [0.15, 0.2) is 48.5 Å². The van der Waals surface area contributed by atoms with E-state index in [2.05, 4.69) is 10.4 Å². The van der Waals surface area contributed by atoms with Crippen LogP contribution in [0.4, 0.5) is 11.5 Å². The Hall–Kier alpha value is -3.33. The first-order chi connectivity index (χ1) is 14.0. The number of ether oxygens (including phenoxy) is 1. The topological polar surface area (TPSA) is 99.3 Å². The van der Waals surface area contributed by atoms with Crippen molar-refractivity contribution < 1.29 is 14.5 Å². The predicted octanol–water partition coefficient (Wildman–Crippen LogP) is 3.85. The highest BCUT2D eigenvalue weighted by Crippen LogP contribution is 2.36. The van der Waals surface area contributed by atoms with Gasteiger partial charge in [0.05, 0.1) is 16.3 Å². The third kappa shape index (κ3) is 4.09. The number of nitro groups is 1. The SMILES string of the molecule is Cc1cccc(OCC(=O)Nc2c3c(nn2-c2ccc([N+](=O)[O-])cc2)CSC3)c1. The van der Waals surface area contributed by atoms with Crippen molar-refractivity contribution in [1.82, 2.24) is 9.78 Å². The molecule has 9 heteroatoms. The molecule has 3 aromatic rings. The normalized spacial score (nSPS) is 12.4. The van der Waals surface area contributed by atoms with Crippen molar-refractivity contribution in [3.63, 3.8) is 0 Å². The lowest BCUT2D eigenvalue weighted by Crippen LogP contribution is -2.22. The smallest absolute Gasteiger partial charge is 0.269 e. The van der Waals surface area contributed by atoms with E-state index in [4.69, 9.17) is 4.74 Å². The molecule has 0 atom stereocenters. The highest BCUT2D eigenvalue weighted by molar-refractivity contribution is 7.98. The number of hydrogen-bond acceptors (Lipinski definition) is 6. The summed E-state index contributed by atoms with van der Waals surface area (Å²) in [6.07, 6.45) is 0. The number of nitrogens with one attached hydrogen (secondary N) is 1. The second-order valence-electron chi connectivity index (χ2n) is 6.61. The standard InChI is InChI=1S/C20H18N4O4S/c1-13-3-2-4-16(9-13)28-10-19(25)21-20-17-11-29-12-18(17)22-23(20)14-5-7-15(8-6-14)24(26)27/h2-9H,10-12H2,1H3,(H,21,25). The average Bonchev–Trinajstić information content (AvgIpc) is 3.29. The Morgan fingerprint density at radius 1 is 1.28 bits per heavy atom. The quantitative estimate of drug-likeness (QED) is 0.489. The third-order valence-corrected chi connectivity index (χ3v) is 5.44. The highest BCUT2D eigenvalue weighted by Gasteiger charge is 2.25. The van der Waals surface area contributed by atoms with Gasteiger partial charge < -0.3 is 10.1 Å². The second kappa shape index (κ2) is 7.96. The lowest BCUT2D eigenvalue weighted by Gasteiger charge is -2.12. The Balaban J connectivity index is 1.55. The number of carbonyl (C=O) groups excluding carboxylic acids is 1. The van der Waals surface area contributed by atoms with Gasteiger partial charge in [-0.25, -0.2) is 4.68 Å². The minimum absolute atomic E-state index is 0.00106. The fraction of sp³-hybridized carbons (Fsp3) is 0.200. The van der Waals surface area contributed by atoms with Gasteiger partial charge in [-0.15, -0.1) is 0 Å². The summed E-state index contributed by atoms with van der Waals surface area (Å²) >= 11 is 1.73. The number of nitro benzene ring substituents is 1. The maximum Gasteiger partial charge on any atom is 0.269 e. The first-order valence-corrected chi connectivity index (χ1v) is 10.1. The zero-order chi connectivity index (χ0) is 20.4. The zero-order valence-electron chi connectivity index (χ0n) is 15.6. The van der Waals surface area contributed by atoms with Gasteiger partial charge in [-0.2, -0.15) is 16.9 Å². The van der Waals surface area contributed by atoms with Gasteiger partial charge in [0.2, 0.25) is 0 Å². The third-order valence-electron chi connectivity index (χ3n) is 4.47. The van der Waals surface area contributed by atoms with Crippen LogP contribution in [0.5, 0.6) is 5.75 Å². The molecule has 1 N–H and O–H groups in total. The van der Waals surface area contributed by atoms with Crippen molar-refractivity contribution in [3.8, 4) is 11.4 Å². The summed E-state index contributed by atoms with van der Waals surface area (Å²) in [5.41, 5.74) is 3.57. The summed E-state index contributed by atoms with van der Waals surface area (Å²) in [6.45, 7) is 1.83. The number of hydrogen-bond donors (Lipinski definition) is 1. The van der Waals surface area contributed by atoms with E-state index in [1.54, 1.807) is 34.6 Å². The Morgan fingerprint density at radius 2 is 2.07 bits per heavy atom. The summed E-state index contributed by atoms with van der Waals surface area (Å²) in [7, 11) is 0. The number of benzene rings is 2. The van der Waals surface area contributed by atoms with Crippen LogP contribution in [-0.2, 0) is 16.3 Å². The molecular weight excluding hydrogens is 392 g/mol. The van der Waals surface area contributed by atoms with Crippen molar-refractivity contribution in [1.29, 1.82) is 0 Å². The minimum atomic E-state index is -0.450. The number of thioether (sulfide) groups is 1. The van der Waals surface area contributed by atoms with Crippen LogP contribution < -0.4 is 10.1 Å². The van der Waals surface area contributed by atoms with Gasteiger partial charge in [-0.1, -0.05) is 12.1 Å². The number of carbonyl (C=O) groups is 1. The molecule has 0 saturated heterocycles. The molecule has 29 heavy (non-hydrogen) atoms. The molecule has 0 unspecified atom stereocenters. The van der Waals surface area contributed by atoms with Gasteiger partial charge in [0.25, 0.3) is 11.6 Å². The molecule has 4 rings (SSSR count). The van der Waals surface area contributed by atoms with Gasteiger partial charge in [-0.3, -0.25) is 14.9 Å². The number of aryl methyl sites for hydroxylation is 1. The van der Waals surface area contributed by atoms with E-state index in [0.29, 0.717) is 17.3 Å². The van der Waals surface area contributed by atoms with E-state index in [9.17, 15) is 14.9 Å². The van der Waals surface area contributed by atoms with Crippen molar-refractivity contribution >= 4 is 29.2 Å². The number of anilines is 1. The number of non-ortho nitro benzene ring substituents is 1. The number of fused-ring (bicyclic) bond motifs is 1. The maximum absolute atomic E-state index is 12.5. The van der Waals surface area contributed by atoms with Crippen LogP contribution in [0, 0.1) is 17.0 Å². The fourth-order valence-electron chi connectivity index (χ4n) is 3.07. The molecular formula is C20H18N4O4S. The van der Waals surface area contributed by atoms with Crippen molar-refractivity contribution in [2.45, 2.75) is 18.4 Å². The molecule has 0 fully saturated rings. The number of aromatic nitrogens is 2. The van der Waals surface area contributed by atoms with Crippen molar-refractivity contribution in [3.05, 3.63) is 75.5 Å². The Kier molecular flexibility index (Phi) is 5.22. The van der Waals surface area contributed by atoms with E-state index in [1.807, 2.05) is 25.1 Å². The van der Waals surface area contributed by atoms with Crippen LogP contribution in [0.3, 0.4) is 0 Å². The Bertz CT molecular complexity index is 1080. The van der Waals surface area contributed by atoms with Crippen LogP contribution in [0.1, 0.15) is 16.8 Å². The molecule has 1 aliphatic heterocycles. The maximum atomic E-state index is 12.5. The molecule has 0 saturated carbocycles. The summed E-state index contributed by atoms with van der Waals surface area (Å²) in [6, 6.07) is 13.6. The molecule has 0 aliphatic carbocycles. The van der Waals surface area contributed by atoms with E-state index in [0.717, 1.165) is 28.3 Å². The molecule has 1 aromatic heterocycles. The van der Waals surface area contributed by atoms with Crippen molar-refractivity contribution in [2.75, 3.05) is 11.9 Å². The van der Waals surface area contributed by atoms with E-state index in [-0.39, 0.29) is 18.2 Å². The second-order valence-corrected chi connectivity index (χ2v) is 7.59.